The van der Waals surface area contributed by atoms with E-state index < -0.39 is 0 Å². The fourth-order valence-corrected chi connectivity index (χ4v) is 2.76. The van der Waals surface area contributed by atoms with Gasteiger partial charge in [-0.25, -0.2) is 0 Å². The van der Waals surface area contributed by atoms with Crippen LogP contribution >= 0.6 is 15.9 Å². The summed E-state index contributed by atoms with van der Waals surface area (Å²) >= 11 is 3.59. The molecule has 21 heavy (non-hydrogen) atoms. The zero-order valence-corrected chi connectivity index (χ0v) is 13.2. The van der Waals surface area contributed by atoms with E-state index in [9.17, 15) is 0 Å². The minimum atomic E-state index is 0.797. The van der Waals surface area contributed by atoms with E-state index in [4.69, 9.17) is 0 Å². The van der Waals surface area contributed by atoms with Crippen LogP contribution < -0.4 is 5.32 Å². The summed E-state index contributed by atoms with van der Waals surface area (Å²) in [5.74, 6) is 0. The number of rotatable bonds is 4. The van der Waals surface area contributed by atoms with Gasteiger partial charge in [-0.2, -0.15) is 0 Å². The average molecular weight is 338 g/mol. The molecule has 0 bridgehead atoms. The molecule has 0 aliphatic carbocycles. The number of nitrogens with one attached hydrogen (secondary N) is 1. The lowest BCUT2D eigenvalue weighted by Crippen LogP contribution is -2.01. The van der Waals surface area contributed by atoms with Gasteiger partial charge in [0.2, 0.25) is 0 Å². The molecular formula is C19H16BrN. The highest BCUT2D eigenvalue weighted by atomic mass is 79.9. The van der Waals surface area contributed by atoms with Gasteiger partial charge in [0.1, 0.15) is 0 Å². The van der Waals surface area contributed by atoms with Crippen molar-refractivity contribution in [1.29, 1.82) is 0 Å². The number of hydrogen-bond donors (Lipinski definition) is 1. The molecule has 0 aliphatic heterocycles. The summed E-state index contributed by atoms with van der Waals surface area (Å²) in [4.78, 5) is 0. The maximum Gasteiger partial charge on any atom is 0.0422 e. The van der Waals surface area contributed by atoms with Gasteiger partial charge in [0, 0.05) is 22.3 Å². The summed E-state index contributed by atoms with van der Waals surface area (Å²) in [7, 11) is 0. The van der Waals surface area contributed by atoms with Crippen LogP contribution in [0.1, 0.15) is 5.56 Å². The van der Waals surface area contributed by atoms with Crippen LogP contribution in [0.3, 0.4) is 0 Å². The van der Waals surface area contributed by atoms with Crippen LogP contribution in [-0.2, 0) is 6.54 Å². The molecule has 1 N–H and O–H groups in total. The Kier molecular flexibility index (Phi) is 4.37. The van der Waals surface area contributed by atoms with Crippen LogP contribution in [0.2, 0.25) is 0 Å². The van der Waals surface area contributed by atoms with Gasteiger partial charge < -0.3 is 5.32 Å². The maximum atomic E-state index is 3.59. The Morgan fingerprint density at radius 2 is 1.38 bits per heavy atom. The molecule has 0 radical (unpaired) electrons. The highest BCUT2D eigenvalue weighted by molar-refractivity contribution is 9.10. The first-order chi connectivity index (χ1) is 10.3. The lowest BCUT2D eigenvalue weighted by molar-refractivity contribution is 1.14. The molecule has 0 aromatic heterocycles. The second-order valence-electron chi connectivity index (χ2n) is 4.86. The molecular weight excluding hydrogens is 322 g/mol. The first-order valence-electron chi connectivity index (χ1n) is 6.96. The molecule has 104 valence electrons. The van der Waals surface area contributed by atoms with Gasteiger partial charge in [0.05, 0.1) is 0 Å². The number of halogens is 1. The van der Waals surface area contributed by atoms with Crippen molar-refractivity contribution in [2.75, 3.05) is 5.32 Å². The Bertz CT molecular complexity index is 722. The minimum absolute atomic E-state index is 0.797. The molecule has 0 fully saturated rings. The van der Waals surface area contributed by atoms with E-state index >= 15 is 0 Å². The molecule has 0 saturated heterocycles. The van der Waals surface area contributed by atoms with E-state index in [0.717, 1.165) is 16.7 Å². The molecule has 2 heteroatoms. The zero-order chi connectivity index (χ0) is 14.5. The van der Waals surface area contributed by atoms with Crippen LogP contribution in [0.4, 0.5) is 5.69 Å². The van der Waals surface area contributed by atoms with Crippen molar-refractivity contribution in [2.45, 2.75) is 6.54 Å². The first-order valence-corrected chi connectivity index (χ1v) is 7.75. The van der Waals surface area contributed by atoms with Crippen molar-refractivity contribution in [3.05, 3.63) is 88.9 Å². The van der Waals surface area contributed by atoms with E-state index in [1.54, 1.807) is 0 Å². The summed E-state index contributed by atoms with van der Waals surface area (Å²) in [6, 6.07) is 27.2. The number of anilines is 1. The smallest absolute Gasteiger partial charge is 0.0422 e. The second-order valence-corrected chi connectivity index (χ2v) is 5.71. The van der Waals surface area contributed by atoms with Crippen molar-refractivity contribution in [2.24, 2.45) is 0 Å². The number of hydrogen-bond acceptors (Lipinski definition) is 1. The SMILES string of the molecule is Brc1ccccc1CNc1ccccc1-c1ccccc1. The average Bonchev–Trinajstić information content (AvgIpc) is 2.55. The van der Waals surface area contributed by atoms with Crippen LogP contribution in [0.25, 0.3) is 11.1 Å². The minimum Gasteiger partial charge on any atom is -0.380 e. The van der Waals surface area contributed by atoms with Crippen molar-refractivity contribution in [1.82, 2.24) is 0 Å². The van der Waals surface area contributed by atoms with Crippen LogP contribution in [0.15, 0.2) is 83.3 Å². The molecule has 3 aromatic carbocycles. The Morgan fingerprint density at radius 1 is 0.714 bits per heavy atom. The summed E-state index contributed by atoms with van der Waals surface area (Å²) in [6.07, 6.45) is 0. The van der Waals surface area contributed by atoms with Gasteiger partial charge in [0.25, 0.3) is 0 Å². The third-order valence-corrected chi connectivity index (χ3v) is 4.21. The monoisotopic (exact) mass is 337 g/mol. The Hall–Kier alpha value is -2.06. The maximum absolute atomic E-state index is 3.59. The Morgan fingerprint density at radius 3 is 2.19 bits per heavy atom. The topological polar surface area (TPSA) is 12.0 Å². The molecule has 0 unspecified atom stereocenters. The summed E-state index contributed by atoms with van der Waals surface area (Å²) in [5.41, 5.74) is 4.86. The summed E-state index contributed by atoms with van der Waals surface area (Å²) in [5, 5.41) is 3.54. The second kappa shape index (κ2) is 6.59. The summed E-state index contributed by atoms with van der Waals surface area (Å²) in [6.45, 7) is 0.797. The predicted octanol–water partition coefficient (Wildman–Crippen LogP) is 5.73. The molecule has 0 amide bonds. The van der Waals surface area contributed by atoms with E-state index in [1.807, 2.05) is 12.1 Å². The Balaban J connectivity index is 1.85. The van der Waals surface area contributed by atoms with Gasteiger partial charge in [-0.15, -0.1) is 0 Å². The molecule has 0 heterocycles. The standard InChI is InChI=1S/C19H16BrN/c20-18-12-6-4-10-16(18)14-21-19-13-7-5-11-17(19)15-8-2-1-3-9-15/h1-13,21H,14H2. The van der Waals surface area contributed by atoms with E-state index in [-0.39, 0.29) is 0 Å². The van der Waals surface area contributed by atoms with Crippen molar-refractivity contribution >= 4 is 21.6 Å². The molecule has 0 aliphatic rings. The molecule has 0 spiro atoms. The molecule has 0 atom stereocenters. The first kappa shape index (κ1) is 13.9. The normalized spacial score (nSPS) is 10.3. The van der Waals surface area contributed by atoms with Gasteiger partial charge in [-0.05, 0) is 23.3 Å². The van der Waals surface area contributed by atoms with Crippen molar-refractivity contribution in [3.8, 4) is 11.1 Å². The van der Waals surface area contributed by atoms with Gasteiger partial charge in [-0.3, -0.25) is 0 Å². The molecule has 3 rings (SSSR count). The van der Waals surface area contributed by atoms with Crippen molar-refractivity contribution in [3.63, 3.8) is 0 Å². The van der Waals surface area contributed by atoms with Crippen LogP contribution in [-0.4, -0.2) is 0 Å². The number of para-hydroxylation sites is 1. The number of benzene rings is 3. The van der Waals surface area contributed by atoms with E-state index in [0.29, 0.717) is 0 Å². The predicted molar refractivity (Wildman–Crippen MR) is 93.3 cm³/mol. The van der Waals surface area contributed by atoms with Crippen molar-refractivity contribution < 1.29 is 0 Å². The fraction of sp³-hybridized carbons (Fsp3) is 0.0526. The quantitative estimate of drug-likeness (QED) is 0.641. The highest BCUT2D eigenvalue weighted by Crippen LogP contribution is 2.28. The largest absolute Gasteiger partial charge is 0.380 e. The Labute approximate surface area is 133 Å². The van der Waals surface area contributed by atoms with Crippen LogP contribution in [0.5, 0.6) is 0 Å². The van der Waals surface area contributed by atoms with E-state index in [1.165, 1.54) is 16.7 Å². The molecule has 0 saturated carbocycles. The molecule has 1 nitrogen and oxygen atoms in total. The van der Waals surface area contributed by atoms with Gasteiger partial charge in [0.15, 0.2) is 0 Å². The highest BCUT2D eigenvalue weighted by Gasteiger charge is 2.04. The van der Waals surface area contributed by atoms with Crippen LogP contribution in [0, 0.1) is 0 Å². The third kappa shape index (κ3) is 3.34. The zero-order valence-electron chi connectivity index (χ0n) is 11.6. The third-order valence-electron chi connectivity index (χ3n) is 3.44. The molecule has 3 aromatic rings. The van der Waals surface area contributed by atoms with Gasteiger partial charge in [-0.1, -0.05) is 82.7 Å². The van der Waals surface area contributed by atoms with Gasteiger partial charge >= 0.3 is 0 Å². The fourth-order valence-electron chi connectivity index (χ4n) is 2.34. The van der Waals surface area contributed by atoms with E-state index in [2.05, 4.69) is 88.0 Å². The lowest BCUT2D eigenvalue weighted by atomic mass is 10.0. The summed E-state index contributed by atoms with van der Waals surface area (Å²) < 4.78 is 1.13. The lowest BCUT2D eigenvalue weighted by Gasteiger charge is -2.13.